The van der Waals surface area contributed by atoms with Gasteiger partial charge in [0, 0.05) is 11.8 Å². The summed E-state index contributed by atoms with van der Waals surface area (Å²) in [4.78, 5) is 0. The number of nitrogens with one attached hydrogen (secondary N) is 1. The topological polar surface area (TPSA) is 30.5 Å². The first kappa shape index (κ1) is 19.8. The van der Waals surface area contributed by atoms with Gasteiger partial charge in [-0.2, -0.15) is 0 Å². The zero-order valence-corrected chi connectivity index (χ0v) is 16.7. The fourth-order valence-electron chi connectivity index (χ4n) is 3.03. The van der Waals surface area contributed by atoms with Gasteiger partial charge < -0.3 is 14.8 Å². The molecule has 0 amide bonds. The van der Waals surface area contributed by atoms with Crippen LogP contribution < -0.4 is 14.8 Å². The molecule has 3 rings (SSSR count). The van der Waals surface area contributed by atoms with Crippen LogP contribution in [-0.2, 0) is 6.42 Å². The minimum absolute atomic E-state index is 0.0669. The molecule has 0 fully saturated rings. The summed E-state index contributed by atoms with van der Waals surface area (Å²) in [7, 11) is 0. The zero-order chi connectivity index (χ0) is 19.6. The summed E-state index contributed by atoms with van der Waals surface area (Å²) < 4.78 is 11.9. The van der Waals surface area contributed by atoms with E-state index in [2.05, 4.69) is 61.6 Å². The van der Waals surface area contributed by atoms with Crippen LogP contribution in [0.1, 0.15) is 24.5 Å². The highest BCUT2D eigenvalue weighted by Gasteiger charge is 2.05. The maximum absolute atomic E-state index is 5.97. The first-order valence-electron chi connectivity index (χ1n) is 9.93. The Balaban J connectivity index is 1.41. The molecule has 0 heterocycles. The fraction of sp³-hybridized carbons (Fsp3) is 0.280. The lowest BCUT2D eigenvalue weighted by Crippen LogP contribution is -2.22. The molecule has 3 aromatic carbocycles. The Morgan fingerprint density at radius 3 is 2.46 bits per heavy atom. The maximum atomic E-state index is 5.97. The average molecular weight is 376 g/mol. The fourth-order valence-corrected chi connectivity index (χ4v) is 3.03. The third-order valence-corrected chi connectivity index (χ3v) is 4.48. The highest BCUT2D eigenvalue weighted by molar-refractivity contribution is 5.48. The van der Waals surface area contributed by atoms with Crippen molar-refractivity contribution < 1.29 is 9.47 Å². The molecular weight excluding hydrogens is 346 g/mol. The van der Waals surface area contributed by atoms with Crippen LogP contribution in [0.3, 0.4) is 0 Å². The maximum Gasteiger partial charge on any atom is 0.121 e. The van der Waals surface area contributed by atoms with Crippen molar-refractivity contribution in [3.8, 4) is 11.5 Å². The van der Waals surface area contributed by atoms with Crippen molar-refractivity contribution in [3.63, 3.8) is 0 Å². The van der Waals surface area contributed by atoms with Gasteiger partial charge in [-0.3, -0.25) is 0 Å². The molecule has 0 saturated heterocycles. The standard InChI is InChI=1S/C25H29NO2/c1-20-9-6-15-25(17-20)28-21(2)19-26-23-13-7-14-24(18-23)27-16-8-12-22-10-4-3-5-11-22/h3-7,9-11,13-15,17-18,21,26H,8,12,16,19H2,1-2H3. The van der Waals surface area contributed by atoms with Gasteiger partial charge in [0.1, 0.15) is 17.6 Å². The summed E-state index contributed by atoms with van der Waals surface area (Å²) in [5.74, 6) is 1.80. The van der Waals surface area contributed by atoms with Gasteiger partial charge in [0.2, 0.25) is 0 Å². The smallest absolute Gasteiger partial charge is 0.121 e. The summed E-state index contributed by atoms with van der Waals surface area (Å²) >= 11 is 0. The highest BCUT2D eigenvalue weighted by atomic mass is 16.5. The quantitative estimate of drug-likeness (QED) is 0.448. The van der Waals surface area contributed by atoms with E-state index in [4.69, 9.17) is 9.47 Å². The van der Waals surface area contributed by atoms with E-state index in [1.807, 2.05) is 36.4 Å². The summed E-state index contributed by atoms with van der Waals surface area (Å²) in [6.07, 6.45) is 2.10. The van der Waals surface area contributed by atoms with Gasteiger partial charge in [0.05, 0.1) is 13.2 Å². The Bertz CT molecular complexity index is 848. The van der Waals surface area contributed by atoms with Crippen LogP contribution >= 0.6 is 0 Å². The van der Waals surface area contributed by atoms with E-state index in [9.17, 15) is 0 Å². The second-order valence-electron chi connectivity index (χ2n) is 7.09. The molecule has 0 saturated carbocycles. The van der Waals surface area contributed by atoms with E-state index >= 15 is 0 Å². The van der Waals surface area contributed by atoms with E-state index in [0.29, 0.717) is 6.61 Å². The number of aryl methyl sites for hydroxylation is 2. The SMILES string of the molecule is Cc1cccc(OC(C)CNc2cccc(OCCCc3ccccc3)c2)c1. The Hall–Kier alpha value is -2.94. The molecule has 3 heteroatoms. The van der Waals surface area contributed by atoms with Crippen molar-refractivity contribution >= 4 is 5.69 Å². The molecule has 0 aliphatic heterocycles. The number of ether oxygens (including phenoxy) is 2. The Labute approximate surface area is 168 Å². The Morgan fingerprint density at radius 2 is 1.64 bits per heavy atom. The predicted molar refractivity (Wildman–Crippen MR) is 116 cm³/mol. The van der Waals surface area contributed by atoms with Gasteiger partial charge in [0.25, 0.3) is 0 Å². The normalized spacial score (nSPS) is 11.6. The van der Waals surface area contributed by atoms with Crippen LogP contribution in [0, 0.1) is 6.92 Å². The van der Waals surface area contributed by atoms with Crippen molar-refractivity contribution in [1.82, 2.24) is 0 Å². The van der Waals surface area contributed by atoms with Crippen molar-refractivity contribution in [2.75, 3.05) is 18.5 Å². The van der Waals surface area contributed by atoms with Crippen LogP contribution in [0.25, 0.3) is 0 Å². The van der Waals surface area contributed by atoms with E-state index in [1.165, 1.54) is 11.1 Å². The van der Waals surface area contributed by atoms with Gasteiger partial charge in [-0.05, 0) is 62.1 Å². The van der Waals surface area contributed by atoms with Gasteiger partial charge >= 0.3 is 0 Å². The molecule has 0 radical (unpaired) electrons. The molecular formula is C25H29NO2. The van der Waals surface area contributed by atoms with Gasteiger partial charge in [-0.15, -0.1) is 0 Å². The number of hydrogen-bond donors (Lipinski definition) is 1. The van der Waals surface area contributed by atoms with Crippen LogP contribution in [0.2, 0.25) is 0 Å². The summed E-state index contributed by atoms with van der Waals surface area (Å²) in [5, 5.41) is 3.43. The minimum atomic E-state index is 0.0669. The van der Waals surface area contributed by atoms with E-state index < -0.39 is 0 Å². The summed E-state index contributed by atoms with van der Waals surface area (Å²) in [5.41, 5.74) is 3.60. The van der Waals surface area contributed by atoms with Crippen LogP contribution in [0.5, 0.6) is 11.5 Å². The predicted octanol–water partition coefficient (Wildman–Crippen LogP) is 5.89. The molecule has 0 aliphatic rings. The summed E-state index contributed by atoms with van der Waals surface area (Å²) in [6, 6.07) is 26.8. The van der Waals surface area contributed by atoms with Gasteiger partial charge in [0.15, 0.2) is 0 Å². The number of hydrogen-bond acceptors (Lipinski definition) is 3. The van der Waals surface area contributed by atoms with E-state index in [-0.39, 0.29) is 6.10 Å². The van der Waals surface area contributed by atoms with Gasteiger partial charge in [-0.1, -0.05) is 48.5 Å². The van der Waals surface area contributed by atoms with E-state index in [0.717, 1.165) is 36.6 Å². The molecule has 0 spiro atoms. The number of anilines is 1. The molecule has 1 unspecified atom stereocenters. The lowest BCUT2D eigenvalue weighted by molar-refractivity contribution is 0.234. The lowest BCUT2D eigenvalue weighted by Gasteiger charge is -2.17. The monoisotopic (exact) mass is 375 g/mol. The Kier molecular flexibility index (Phi) is 7.36. The minimum Gasteiger partial charge on any atom is -0.494 e. The van der Waals surface area contributed by atoms with Crippen LogP contribution in [-0.4, -0.2) is 19.3 Å². The largest absolute Gasteiger partial charge is 0.494 e. The molecule has 146 valence electrons. The molecule has 0 aromatic heterocycles. The van der Waals surface area contributed by atoms with Crippen LogP contribution in [0.15, 0.2) is 78.9 Å². The second-order valence-corrected chi connectivity index (χ2v) is 7.09. The molecule has 0 aliphatic carbocycles. The number of rotatable bonds is 10. The first-order valence-corrected chi connectivity index (χ1v) is 9.93. The van der Waals surface area contributed by atoms with Crippen LogP contribution in [0.4, 0.5) is 5.69 Å². The second kappa shape index (κ2) is 10.4. The van der Waals surface area contributed by atoms with Crippen molar-refractivity contribution in [2.45, 2.75) is 32.8 Å². The zero-order valence-electron chi connectivity index (χ0n) is 16.7. The lowest BCUT2D eigenvalue weighted by atomic mass is 10.1. The van der Waals surface area contributed by atoms with Gasteiger partial charge in [-0.25, -0.2) is 0 Å². The molecule has 0 bridgehead atoms. The molecule has 1 atom stereocenters. The molecule has 3 aromatic rings. The van der Waals surface area contributed by atoms with Crippen molar-refractivity contribution in [3.05, 3.63) is 90.0 Å². The Morgan fingerprint density at radius 1 is 0.857 bits per heavy atom. The number of benzene rings is 3. The molecule has 3 nitrogen and oxygen atoms in total. The third kappa shape index (κ3) is 6.66. The summed E-state index contributed by atoms with van der Waals surface area (Å²) in [6.45, 7) is 5.58. The third-order valence-electron chi connectivity index (χ3n) is 4.48. The van der Waals surface area contributed by atoms with Crippen molar-refractivity contribution in [1.29, 1.82) is 0 Å². The first-order chi connectivity index (χ1) is 13.7. The van der Waals surface area contributed by atoms with Crippen molar-refractivity contribution in [2.24, 2.45) is 0 Å². The van der Waals surface area contributed by atoms with E-state index in [1.54, 1.807) is 0 Å². The highest BCUT2D eigenvalue weighted by Crippen LogP contribution is 2.19. The average Bonchev–Trinajstić information content (AvgIpc) is 2.71. The molecule has 28 heavy (non-hydrogen) atoms. The molecule has 1 N–H and O–H groups in total.